The minimum absolute atomic E-state index is 0.0262. The zero-order valence-corrected chi connectivity index (χ0v) is 13.2. The van der Waals surface area contributed by atoms with Gasteiger partial charge in [0, 0.05) is 4.47 Å². The molecule has 0 N–H and O–H groups in total. The number of aromatic nitrogens is 2. The molecule has 3 aromatic rings. The minimum Gasteiger partial charge on any atom is -0.294 e. The molecule has 0 atom stereocenters. The van der Waals surface area contributed by atoms with Gasteiger partial charge in [-0.1, -0.05) is 34.1 Å². The molecule has 0 radical (unpaired) electrons. The van der Waals surface area contributed by atoms with E-state index < -0.39 is 11.7 Å². The average molecular weight is 383 g/mol. The smallest absolute Gasteiger partial charge is 0.294 e. The number of fused-ring (bicyclic) bond motifs is 1. The molecule has 0 saturated heterocycles. The van der Waals surface area contributed by atoms with Crippen LogP contribution in [0.3, 0.4) is 0 Å². The van der Waals surface area contributed by atoms with Crippen LogP contribution in [0.2, 0.25) is 0 Å². The lowest BCUT2D eigenvalue weighted by Crippen LogP contribution is -2.22. The molecule has 0 aliphatic carbocycles. The zero-order valence-electron chi connectivity index (χ0n) is 11.6. The van der Waals surface area contributed by atoms with Crippen molar-refractivity contribution in [2.75, 3.05) is 0 Å². The lowest BCUT2D eigenvalue weighted by Gasteiger charge is -2.13. The molecule has 0 unspecified atom stereocenters. The molecule has 2 aromatic carbocycles. The summed E-state index contributed by atoms with van der Waals surface area (Å²) in [4.78, 5) is 16.6. The summed E-state index contributed by atoms with van der Waals surface area (Å²) in [5, 5.41) is 0.353. The number of benzene rings is 2. The quantitative estimate of drug-likeness (QED) is 0.664. The summed E-state index contributed by atoms with van der Waals surface area (Å²) in [6.45, 7) is -0.191. The Bertz CT molecular complexity index is 934. The van der Waals surface area contributed by atoms with Crippen LogP contribution in [0.25, 0.3) is 10.9 Å². The highest BCUT2D eigenvalue weighted by atomic mass is 79.9. The Morgan fingerprint density at radius 1 is 1.13 bits per heavy atom. The second-order valence-corrected chi connectivity index (χ2v) is 5.91. The Hall–Kier alpha value is -2.15. The molecule has 0 aliphatic heterocycles. The van der Waals surface area contributed by atoms with Crippen LogP contribution >= 0.6 is 15.9 Å². The summed E-state index contributed by atoms with van der Waals surface area (Å²) in [5.74, 6) is 0. The van der Waals surface area contributed by atoms with Gasteiger partial charge in [0.05, 0.1) is 29.3 Å². The maximum atomic E-state index is 13.0. The summed E-state index contributed by atoms with van der Waals surface area (Å²) in [6.07, 6.45) is -3.20. The maximum absolute atomic E-state index is 13.0. The lowest BCUT2D eigenvalue weighted by molar-refractivity contribution is -0.138. The molecule has 118 valence electrons. The van der Waals surface area contributed by atoms with Gasteiger partial charge in [-0.05, 0) is 29.8 Å². The van der Waals surface area contributed by atoms with Gasteiger partial charge in [-0.25, -0.2) is 4.98 Å². The summed E-state index contributed by atoms with van der Waals surface area (Å²) in [5.41, 5.74) is -0.605. The molecule has 7 heteroatoms. The van der Waals surface area contributed by atoms with Crippen molar-refractivity contribution in [2.45, 2.75) is 12.7 Å². The highest BCUT2D eigenvalue weighted by Gasteiger charge is 2.32. The topological polar surface area (TPSA) is 34.9 Å². The number of halogens is 4. The van der Waals surface area contributed by atoms with E-state index in [2.05, 4.69) is 20.9 Å². The van der Waals surface area contributed by atoms with Gasteiger partial charge in [0.15, 0.2) is 0 Å². The standard InChI is InChI=1S/C16H10BrF3N2O/c17-11-5-6-14-12(7-11)15(23)22(9-21-14)8-10-3-1-2-4-13(10)16(18,19)20/h1-7,9H,8H2. The molecule has 0 saturated carbocycles. The second-order valence-electron chi connectivity index (χ2n) is 4.99. The van der Waals surface area contributed by atoms with Crippen molar-refractivity contribution in [1.82, 2.24) is 9.55 Å². The van der Waals surface area contributed by atoms with Gasteiger partial charge >= 0.3 is 6.18 Å². The Balaban J connectivity index is 2.10. The lowest BCUT2D eigenvalue weighted by atomic mass is 10.1. The van der Waals surface area contributed by atoms with E-state index in [9.17, 15) is 18.0 Å². The van der Waals surface area contributed by atoms with E-state index in [1.54, 1.807) is 18.2 Å². The van der Waals surface area contributed by atoms with Crippen LogP contribution in [-0.2, 0) is 12.7 Å². The van der Waals surface area contributed by atoms with E-state index in [0.717, 1.165) is 6.07 Å². The molecular weight excluding hydrogens is 373 g/mol. The van der Waals surface area contributed by atoms with Gasteiger partial charge in [0.1, 0.15) is 0 Å². The van der Waals surface area contributed by atoms with Crippen LogP contribution in [0.1, 0.15) is 11.1 Å². The Kier molecular flexibility index (Phi) is 3.97. The first-order valence-corrected chi connectivity index (χ1v) is 7.45. The van der Waals surface area contributed by atoms with Gasteiger partial charge in [-0.15, -0.1) is 0 Å². The van der Waals surface area contributed by atoms with Gasteiger partial charge in [-0.3, -0.25) is 9.36 Å². The highest BCUT2D eigenvalue weighted by Crippen LogP contribution is 2.32. The number of hydrogen-bond donors (Lipinski definition) is 0. The van der Waals surface area contributed by atoms with Crippen LogP contribution in [0.4, 0.5) is 13.2 Å². The molecule has 0 fully saturated rings. The van der Waals surface area contributed by atoms with Gasteiger partial charge in [-0.2, -0.15) is 13.2 Å². The predicted octanol–water partition coefficient (Wildman–Crippen LogP) is 4.23. The first-order chi connectivity index (χ1) is 10.9. The van der Waals surface area contributed by atoms with E-state index >= 15 is 0 Å². The normalized spacial score (nSPS) is 11.8. The summed E-state index contributed by atoms with van der Waals surface area (Å²) in [7, 11) is 0. The van der Waals surface area contributed by atoms with Crippen molar-refractivity contribution < 1.29 is 13.2 Å². The molecule has 0 amide bonds. The fourth-order valence-electron chi connectivity index (χ4n) is 2.36. The van der Waals surface area contributed by atoms with Crippen LogP contribution in [-0.4, -0.2) is 9.55 Å². The van der Waals surface area contributed by atoms with Crippen molar-refractivity contribution in [3.63, 3.8) is 0 Å². The Morgan fingerprint density at radius 2 is 1.87 bits per heavy atom. The molecule has 1 aromatic heterocycles. The predicted molar refractivity (Wildman–Crippen MR) is 84.2 cm³/mol. The number of rotatable bonds is 2. The van der Waals surface area contributed by atoms with Crippen LogP contribution in [0.5, 0.6) is 0 Å². The number of nitrogens with zero attached hydrogens (tertiary/aromatic N) is 2. The van der Waals surface area contributed by atoms with Crippen molar-refractivity contribution in [1.29, 1.82) is 0 Å². The van der Waals surface area contributed by atoms with Crippen molar-refractivity contribution in [3.05, 3.63) is 74.7 Å². The molecule has 23 heavy (non-hydrogen) atoms. The molecule has 1 heterocycles. The fraction of sp³-hybridized carbons (Fsp3) is 0.125. The molecule has 0 aliphatic rings. The summed E-state index contributed by atoms with van der Waals surface area (Å²) < 4.78 is 41.0. The Labute approximate surface area is 137 Å². The monoisotopic (exact) mass is 382 g/mol. The van der Waals surface area contributed by atoms with Crippen molar-refractivity contribution >= 4 is 26.8 Å². The van der Waals surface area contributed by atoms with Crippen molar-refractivity contribution in [2.24, 2.45) is 0 Å². The van der Waals surface area contributed by atoms with Gasteiger partial charge in [0.2, 0.25) is 0 Å². The summed E-state index contributed by atoms with van der Waals surface area (Å²) >= 11 is 3.27. The maximum Gasteiger partial charge on any atom is 0.416 e. The SMILES string of the molecule is O=c1c2cc(Br)ccc2ncn1Cc1ccccc1C(F)(F)F. The fourth-order valence-corrected chi connectivity index (χ4v) is 2.72. The van der Waals surface area contributed by atoms with Crippen LogP contribution < -0.4 is 5.56 Å². The second kappa shape index (κ2) is 5.81. The third-order valence-corrected chi connectivity index (χ3v) is 3.94. The molecule has 3 nitrogen and oxygen atoms in total. The van der Waals surface area contributed by atoms with E-state index in [1.165, 1.54) is 29.1 Å². The average Bonchev–Trinajstić information content (AvgIpc) is 2.50. The zero-order chi connectivity index (χ0) is 16.6. The highest BCUT2D eigenvalue weighted by molar-refractivity contribution is 9.10. The number of hydrogen-bond acceptors (Lipinski definition) is 2. The molecule has 3 rings (SSSR count). The van der Waals surface area contributed by atoms with E-state index in [4.69, 9.17) is 0 Å². The molecule has 0 spiro atoms. The molecular formula is C16H10BrF3N2O. The minimum atomic E-state index is -4.46. The van der Waals surface area contributed by atoms with E-state index in [-0.39, 0.29) is 17.7 Å². The third kappa shape index (κ3) is 3.14. The largest absolute Gasteiger partial charge is 0.416 e. The van der Waals surface area contributed by atoms with Crippen molar-refractivity contribution in [3.8, 4) is 0 Å². The van der Waals surface area contributed by atoms with Gasteiger partial charge in [0.25, 0.3) is 5.56 Å². The van der Waals surface area contributed by atoms with Gasteiger partial charge < -0.3 is 0 Å². The first kappa shape index (κ1) is 15.7. The van der Waals surface area contributed by atoms with E-state index in [1.807, 2.05) is 0 Å². The molecule has 0 bridgehead atoms. The van der Waals surface area contributed by atoms with Crippen LogP contribution in [0, 0.1) is 0 Å². The Morgan fingerprint density at radius 3 is 2.61 bits per heavy atom. The van der Waals surface area contributed by atoms with E-state index in [0.29, 0.717) is 15.4 Å². The van der Waals surface area contributed by atoms with Crippen LogP contribution in [0.15, 0.2) is 58.1 Å². The third-order valence-electron chi connectivity index (χ3n) is 3.45. The summed E-state index contributed by atoms with van der Waals surface area (Å²) in [6, 6.07) is 10.2. The number of alkyl halides is 3. The first-order valence-electron chi connectivity index (χ1n) is 6.66.